The van der Waals surface area contributed by atoms with Gasteiger partial charge >= 0.3 is 0 Å². The molecule has 3 aromatic rings. The molecule has 0 bridgehead atoms. The highest BCUT2D eigenvalue weighted by atomic mass is 16.5. The molecule has 32 heavy (non-hydrogen) atoms. The average Bonchev–Trinajstić information content (AvgIpc) is 2.83. The Morgan fingerprint density at radius 2 is 1.97 bits per heavy atom. The number of nitriles is 1. The van der Waals surface area contributed by atoms with Crippen LogP contribution in [-0.2, 0) is 4.74 Å². The van der Waals surface area contributed by atoms with Crippen LogP contribution in [0.3, 0.4) is 0 Å². The normalized spacial score (nSPS) is 14.6. The maximum absolute atomic E-state index is 12.3. The van der Waals surface area contributed by atoms with Crippen molar-refractivity contribution in [2.24, 2.45) is 0 Å². The van der Waals surface area contributed by atoms with Crippen LogP contribution in [-0.4, -0.2) is 49.2 Å². The number of para-hydroxylation sites is 1. The molecule has 1 aromatic heterocycles. The van der Waals surface area contributed by atoms with Crippen LogP contribution in [0.2, 0.25) is 0 Å². The van der Waals surface area contributed by atoms with E-state index < -0.39 is 0 Å². The Hall–Kier alpha value is -3.70. The van der Waals surface area contributed by atoms with Crippen molar-refractivity contribution in [2.75, 3.05) is 43.6 Å². The maximum atomic E-state index is 12.3. The summed E-state index contributed by atoms with van der Waals surface area (Å²) in [6.45, 7) is 6.56. The van der Waals surface area contributed by atoms with Crippen molar-refractivity contribution in [3.8, 4) is 6.07 Å². The van der Waals surface area contributed by atoms with Gasteiger partial charge in [-0.25, -0.2) is 9.97 Å². The van der Waals surface area contributed by atoms with Crippen LogP contribution in [0.4, 0.5) is 11.5 Å². The number of benzene rings is 2. The highest BCUT2D eigenvalue weighted by Gasteiger charge is 2.22. The summed E-state index contributed by atoms with van der Waals surface area (Å²) in [4.78, 5) is 23.9. The highest BCUT2D eigenvalue weighted by molar-refractivity contribution is 5.99. The van der Waals surface area contributed by atoms with Crippen molar-refractivity contribution < 1.29 is 9.53 Å². The van der Waals surface area contributed by atoms with E-state index >= 15 is 0 Å². The average molecular weight is 431 g/mol. The Kier molecular flexibility index (Phi) is 6.19. The molecule has 164 valence electrons. The first-order valence-corrected chi connectivity index (χ1v) is 10.6. The molecule has 4 rings (SSSR count). The van der Waals surface area contributed by atoms with Gasteiger partial charge in [0.1, 0.15) is 6.07 Å². The Balaban J connectivity index is 1.78. The monoisotopic (exact) mass is 430 g/mol. The predicted octanol–water partition coefficient (Wildman–Crippen LogP) is 3.18. The molecule has 1 fully saturated rings. The molecule has 0 unspecified atom stereocenters. The number of hydrogen-bond donors (Lipinski definition) is 2. The molecule has 0 aliphatic carbocycles. The van der Waals surface area contributed by atoms with Crippen molar-refractivity contribution in [1.29, 1.82) is 5.26 Å². The van der Waals surface area contributed by atoms with E-state index in [9.17, 15) is 10.1 Å². The van der Waals surface area contributed by atoms with Gasteiger partial charge in [0, 0.05) is 31.4 Å². The molecule has 0 radical (unpaired) electrons. The van der Waals surface area contributed by atoms with E-state index in [1.807, 2.05) is 38.1 Å². The zero-order valence-corrected chi connectivity index (χ0v) is 18.5. The van der Waals surface area contributed by atoms with Crippen LogP contribution in [0.25, 0.3) is 11.0 Å². The van der Waals surface area contributed by atoms with Gasteiger partial charge in [-0.05, 0) is 37.6 Å². The van der Waals surface area contributed by atoms with E-state index in [0.29, 0.717) is 48.9 Å². The number of aryl methyl sites for hydroxylation is 1. The van der Waals surface area contributed by atoms with Gasteiger partial charge in [-0.15, -0.1) is 0 Å². The standard InChI is InChI=1S/C24H26N6O2/c1-15-12-18(16(2)27-19-7-5-4-6-17(19)24(31)26-3)22-20(13-15)28-21(14-25)23(29-22)30-8-10-32-11-9-30/h4-7,12-13,16,27H,8-11H2,1-3H3,(H,26,31)/t16-/m1/s1. The van der Waals surface area contributed by atoms with Crippen LogP contribution >= 0.6 is 0 Å². The molecular formula is C24H26N6O2. The summed E-state index contributed by atoms with van der Waals surface area (Å²) in [6.07, 6.45) is 0. The number of rotatable bonds is 5. The molecular weight excluding hydrogens is 404 g/mol. The van der Waals surface area contributed by atoms with E-state index in [1.54, 1.807) is 13.1 Å². The number of aromatic nitrogens is 2. The number of carbonyl (C=O) groups is 1. The number of ether oxygens (including phenoxy) is 1. The summed E-state index contributed by atoms with van der Waals surface area (Å²) >= 11 is 0. The van der Waals surface area contributed by atoms with Gasteiger partial charge in [0.15, 0.2) is 11.5 Å². The van der Waals surface area contributed by atoms with Crippen LogP contribution in [0.15, 0.2) is 36.4 Å². The maximum Gasteiger partial charge on any atom is 0.253 e. The Labute approximate surface area is 187 Å². The first kappa shape index (κ1) is 21.5. The van der Waals surface area contributed by atoms with Crippen LogP contribution < -0.4 is 15.5 Å². The van der Waals surface area contributed by atoms with E-state index in [1.165, 1.54) is 0 Å². The third-order valence-electron chi connectivity index (χ3n) is 5.58. The van der Waals surface area contributed by atoms with Crippen molar-refractivity contribution in [2.45, 2.75) is 19.9 Å². The fraction of sp³-hybridized carbons (Fsp3) is 0.333. The molecule has 1 aliphatic rings. The predicted molar refractivity (Wildman–Crippen MR) is 124 cm³/mol. The number of nitrogens with one attached hydrogen (secondary N) is 2. The van der Waals surface area contributed by atoms with Crippen molar-refractivity contribution in [1.82, 2.24) is 15.3 Å². The van der Waals surface area contributed by atoms with Gasteiger partial charge in [0.05, 0.1) is 35.9 Å². The Morgan fingerprint density at radius 3 is 2.69 bits per heavy atom. The molecule has 2 heterocycles. The van der Waals surface area contributed by atoms with Crippen molar-refractivity contribution >= 4 is 28.4 Å². The third-order valence-corrected chi connectivity index (χ3v) is 5.58. The van der Waals surface area contributed by atoms with Gasteiger partial charge in [-0.1, -0.05) is 18.2 Å². The van der Waals surface area contributed by atoms with E-state index in [-0.39, 0.29) is 11.9 Å². The molecule has 8 heteroatoms. The summed E-state index contributed by atoms with van der Waals surface area (Å²) in [6, 6.07) is 13.5. The summed E-state index contributed by atoms with van der Waals surface area (Å²) in [5.41, 5.74) is 5.04. The molecule has 2 N–H and O–H groups in total. The van der Waals surface area contributed by atoms with Crippen molar-refractivity contribution in [3.05, 3.63) is 58.8 Å². The fourth-order valence-corrected chi connectivity index (χ4v) is 3.98. The lowest BCUT2D eigenvalue weighted by atomic mass is 10.0. The smallest absolute Gasteiger partial charge is 0.253 e. The zero-order valence-electron chi connectivity index (χ0n) is 18.5. The Bertz CT molecular complexity index is 1200. The molecule has 1 amide bonds. The molecule has 0 spiro atoms. The zero-order chi connectivity index (χ0) is 22.7. The number of amides is 1. The number of anilines is 2. The summed E-state index contributed by atoms with van der Waals surface area (Å²) in [7, 11) is 1.62. The van der Waals surface area contributed by atoms with Gasteiger partial charge in [0.2, 0.25) is 0 Å². The second-order valence-corrected chi connectivity index (χ2v) is 7.82. The molecule has 2 aromatic carbocycles. The second kappa shape index (κ2) is 9.20. The Morgan fingerprint density at radius 1 is 1.22 bits per heavy atom. The summed E-state index contributed by atoms with van der Waals surface area (Å²) in [5.74, 6) is 0.439. The fourth-order valence-electron chi connectivity index (χ4n) is 3.98. The first-order valence-electron chi connectivity index (χ1n) is 10.6. The quantitative estimate of drug-likeness (QED) is 0.641. The molecule has 8 nitrogen and oxygen atoms in total. The molecule has 1 atom stereocenters. The minimum atomic E-state index is -0.151. The molecule has 1 aliphatic heterocycles. The van der Waals surface area contributed by atoms with Gasteiger partial charge < -0.3 is 20.3 Å². The molecule has 1 saturated heterocycles. The van der Waals surface area contributed by atoms with Crippen LogP contribution in [0.5, 0.6) is 0 Å². The van der Waals surface area contributed by atoms with E-state index in [2.05, 4.69) is 32.7 Å². The minimum Gasteiger partial charge on any atom is -0.378 e. The topological polar surface area (TPSA) is 103 Å². The largest absolute Gasteiger partial charge is 0.378 e. The van der Waals surface area contributed by atoms with Crippen molar-refractivity contribution in [3.63, 3.8) is 0 Å². The minimum absolute atomic E-state index is 0.150. The van der Waals surface area contributed by atoms with Crippen LogP contribution in [0, 0.1) is 18.3 Å². The van der Waals surface area contributed by atoms with Gasteiger partial charge in [0.25, 0.3) is 5.91 Å². The van der Waals surface area contributed by atoms with E-state index in [4.69, 9.17) is 9.72 Å². The van der Waals surface area contributed by atoms with E-state index in [0.717, 1.165) is 22.3 Å². The second-order valence-electron chi connectivity index (χ2n) is 7.82. The van der Waals surface area contributed by atoms with Gasteiger partial charge in [-0.3, -0.25) is 4.79 Å². The lowest BCUT2D eigenvalue weighted by molar-refractivity contribution is 0.0964. The lowest BCUT2D eigenvalue weighted by Crippen LogP contribution is -2.37. The summed E-state index contributed by atoms with van der Waals surface area (Å²) in [5, 5.41) is 15.8. The van der Waals surface area contributed by atoms with Gasteiger partial charge in [-0.2, -0.15) is 5.26 Å². The number of morpholine rings is 1. The number of carbonyl (C=O) groups excluding carboxylic acids is 1. The molecule has 0 saturated carbocycles. The van der Waals surface area contributed by atoms with Crippen LogP contribution in [0.1, 0.15) is 40.1 Å². The number of hydrogen-bond acceptors (Lipinski definition) is 7. The SMILES string of the molecule is CNC(=O)c1ccccc1N[C@H](C)c1cc(C)cc2nc(C#N)c(N3CCOCC3)nc12. The third kappa shape index (κ3) is 4.20. The summed E-state index contributed by atoms with van der Waals surface area (Å²) < 4.78 is 5.45. The highest BCUT2D eigenvalue weighted by Crippen LogP contribution is 2.30. The number of fused-ring (bicyclic) bond motifs is 1. The lowest BCUT2D eigenvalue weighted by Gasteiger charge is -2.28. The first-order chi connectivity index (χ1) is 15.5. The number of nitrogens with zero attached hydrogens (tertiary/aromatic N) is 4.